The molecule has 1 saturated heterocycles. The summed E-state index contributed by atoms with van der Waals surface area (Å²) >= 11 is 0. The average molecular weight is 168 g/mol. The predicted molar refractivity (Wildman–Crippen MR) is 53.4 cm³/mol. The van der Waals surface area contributed by atoms with Gasteiger partial charge in [0, 0.05) is 19.3 Å². The van der Waals surface area contributed by atoms with Crippen LogP contribution in [-0.2, 0) is 0 Å². The minimum atomic E-state index is 1.15. The topological polar surface area (TPSA) is 15.6 Å². The van der Waals surface area contributed by atoms with Crippen LogP contribution in [0.25, 0.3) is 0 Å². The summed E-state index contributed by atoms with van der Waals surface area (Å²) < 4.78 is 0. The molecule has 0 aliphatic carbocycles. The van der Waals surface area contributed by atoms with E-state index in [2.05, 4.69) is 23.2 Å². The maximum atomic E-state index is 4.43. The zero-order valence-electron chi connectivity index (χ0n) is 8.13. The highest BCUT2D eigenvalue weighted by Crippen LogP contribution is 2.08. The van der Waals surface area contributed by atoms with E-state index in [9.17, 15) is 0 Å². The summed E-state index contributed by atoms with van der Waals surface area (Å²) in [5.41, 5.74) is 0. The van der Waals surface area contributed by atoms with Crippen LogP contribution in [0.4, 0.5) is 0 Å². The van der Waals surface area contributed by atoms with Crippen LogP contribution in [0.5, 0.6) is 0 Å². The molecule has 0 aromatic rings. The Bertz CT molecular complexity index is 126. The molecule has 0 N–H and O–H groups in total. The first kappa shape index (κ1) is 9.56. The van der Waals surface area contributed by atoms with Gasteiger partial charge in [-0.1, -0.05) is 13.3 Å². The largest absolute Gasteiger partial charge is 0.297 e. The lowest BCUT2D eigenvalue weighted by Crippen LogP contribution is -2.24. The minimum Gasteiger partial charge on any atom is -0.297 e. The first-order valence-electron chi connectivity index (χ1n) is 5.21. The molecule has 0 saturated carbocycles. The number of hydrogen-bond acceptors (Lipinski definition) is 2. The van der Waals surface area contributed by atoms with Crippen molar-refractivity contribution >= 4 is 6.21 Å². The lowest BCUT2D eigenvalue weighted by Gasteiger charge is -2.23. The fourth-order valence-corrected chi connectivity index (χ4v) is 1.46. The van der Waals surface area contributed by atoms with E-state index in [0.717, 1.165) is 6.42 Å². The van der Waals surface area contributed by atoms with Crippen LogP contribution in [0.15, 0.2) is 5.10 Å². The normalized spacial score (nSPS) is 18.9. The molecule has 0 aromatic carbocycles. The molecule has 0 radical (unpaired) electrons. The molecular weight excluding hydrogens is 148 g/mol. The van der Waals surface area contributed by atoms with E-state index in [1.807, 2.05) is 0 Å². The first-order chi connectivity index (χ1) is 5.93. The lowest BCUT2D eigenvalue weighted by atomic mass is 10.2. The summed E-state index contributed by atoms with van der Waals surface area (Å²) in [6.07, 6.45) is 9.81. The molecule has 1 fully saturated rings. The van der Waals surface area contributed by atoms with Crippen molar-refractivity contribution in [3.63, 3.8) is 0 Å². The molecule has 0 unspecified atom stereocenters. The van der Waals surface area contributed by atoms with Gasteiger partial charge >= 0.3 is 0 Å². The van der Waals surface area contributed by atoms with Crippen LogP contribution in [0.1, 0.15) is 45.4 Å². The number of unbranched alkanes of at least 4 members (excludes halogenated alkanes) is 2. The molecule has 0 spiro atoms. The van der Waals surface area contributed by atoms with E-state index >= 15 is 0 Å². The molecule has 0 amide bonds. The van der Waals surface area contributed by atoms with Gasteiger partial charge in [-0.25, -0.2) is 0 Å². The summed E-state index contributed by atoms with van der Waals surface area (Å²) in [6, 6.07) is 0. The fourth-order valence-electron chi connectivity index (χ4n) is 1.46. The number of rotatable bonds is 4. The molecule has 1 aliphatic heterocycles. The van der Waals surface area contributed by atoms with Crippen molar-refractivity contribution in [2.45, 2.75) is 45.4 Å². The summed E-state index contributed by atoms with van der Waals surface area (Å²) in [5.74, 6) is 0. The van der Waals surface area contributed by atoms with Crippen LogP contribution < -0.4 is 0 Å². The van der Waals surface area contributed by atoms with E-state index in [1.165, 1.54) is 45.2 Å². The smallest absolute Gasteiger partial charge is 0.0360 e. The average Bonchev–Trinajstić information content (AvgIpc) is 2.14. The SMILES string of the molecule is CCCC/C=N/N1CCCCC1. The molecule has 2 nitrogen and oxygen atoms in total. The Morgan fingerprint density at radius 1 is 1.25 bits per heavy atom. The van der Waals surface area contributed by atoms with Crippen LogP contribution in [0, 0.1) is 0 Å². The van der Waals surface area contributed by atoms with E-state index in [4.69, 9.17) is 0 Å². The minimum absolute atomic E-state index is 1.15. The Morgan fingerprint density at radius 2 is 2.00 bits per heavy atom. The second-order valence-electron chi connectivity index (χ2n) is 3.45. The van der Waals surface area contributed by atoms with Gasteiger partial charge in [0.25, 0.3) is 0 Å². The van der Waals surface area contributed by atoms with Crippen molar-refractivity contribution in [3.8, 4) is 0 Å². The van der Waals surface area contributed by atoms with Crippen molar-refractivity contribution in [1.82, 2.24) is 5.01 Å². The molecule has 70 valence electrons. The van der Waals surface area contributed by atoms with Crippen LogP contribution in [0.2, 0.25) is 0 Å². The van der Waals surface area contributed by atoms with E-state index in [0.29, 0.717) is 0 Å². The number of piperidine rings is 1. The third-order valence-electron chi connectivity index (χ3n) is 2.26. The fraction of sp³-hybridized carbons (Fsp3) is 0.900. The number of hydrogen-bond donors (Lipinski definition) is 0. The number of nitrogens with zero attached hydrogens (tertiary/aromatic N) is 2. The van der Waals surface area contributed by atoms with Crippen molar-refractivity contribution in [2.75, 3.05) is 13.1 Å². The summed E-state index contributed by atoms with van der Waals surface area (Å²) in [4.78, 5) is 0. The van der Waals surface area contributed by atoms with Crippen LogP contribution in [0.3, 0.4) is 0 Å². The van der Waals surface area contributed by atoms with Gasteiger partial charge in [-0.3, -0.25) is 5.01 Å². The molecule has 0 bridgehead atoms. The first-order valence-corrected chi connectivity index (χ1v) is 5.21. The Hall–Kier alpha value is -0.530. The summed E-state index contributed by atoms with van der Waals surface area (Å²) in [7, 11) is 0. The maximum Gasteiger partial charge on any atom is 0.0360 e. The highest BCUT2D eigenvalue weighted by atomic mass is 15.4. The molecule has 1 heterocycles. The van der Waals surface area contributed by atoms with Crippen LogP contribution >= 0.6 is 0 Å². The van der Waals surface area contributed by atoms with Gasteiger partial charge in [-0.15, -0.1) is 0 Å². The lowest BCUT2D eigenvalue weighted by molar-refractivity contribution is 0.240. The summed E-state index contributed by atoms with van der Waals surface area (Å²) in [6.45, 7) is 4.56. The van der Waals surface area contributed by atoms with Crippen molar-refractivity contribution < 1.29 is 0 Å². The zero-order chi connectivity index (χ0) is 8.65. The Morgan fingerprint density at radius 3 is 2.67 bits per heavy atom. The third-order valence-corrected chi connectivity index (χ3v) is 2.26. The standard InChI is InChI=1S/C10H20N2/c1-2-3-5-8-11-12-9-6-4-7-10-12/h8H,2-7,9-10H2,1H3/b11-8+. The zero-order valence-corrected chi connectivity index (χ0v) is 8.13. The van der Waals surface area contributed by atoms with Crippen molar-refractivity contribution in [3.05, 3.63) is 0 Å². The molecule has 0 aromatic heterocycles. The second-order valence-corrected chi connectivity index (χ2v) is 3.45. The summed E-state index contributed by atoms with van der Waals surface area (Å²) in [5, 5.41) is 6.64. The third kappa shape index (κ3) is 3.74. The molecular formula is C10H20N2. The van der Waals surface area contributed by atoms with Gasteiger partial charge in [0.2, 0.25) is 0 Å². The molecule has 0 atom stereocenters. The van der Waals surface area contributed by atoms with Gasteiger partial charge in [-0.2, -0.15) is 5.10 Å². The number of hydrazone groups is 1. The Labute approximate surface area is 75.6 Å². The van der Waals surface area contributed by atoms with Gasteiger partial charge in [0.15, 0.2) is 0 Å². The second kappa shape index (κ2) is 6.04. The van der Waals surface area contributed by atoms with Gasteiger partial charge in [0.1, 0.15) is 0 Å². The van der Waals surface area contributed by atoms with Crippen molar-refractivity contribution in [1.29, 1.82) is 0 Å². The molecule has 2 heteroatoms. The van der Waals surface area contributed by atoms with Crippen LogP contribution in [-0.4, -0.2) is 24.3 Å². The van der Waals surface area contributed by atoms with E-state index < -0.39 is 0 Å². The van der Waals surface area contributed by atoms with Crippen molar-refractivity contribution in [2.24, 2.45) is 5.10 Å². The van der Waals surface area contributed by atoms with Gasteiger partial charge in [0.05, 0.1) is 0 Å². The van der Waals surface area contributed by atoms with E-state index in [-0.39, 0.29) is 0 Å². The highest BCUT2D eigenvalue weighted by molar-refractivity contribution is 5.56. The predicted octanol–water partition coefficient (Wildman–Crippen LogP) is 2.65. The molecule has 1 aliphatic rings. The Balaban J connectivity index is 2.07. The molecule has 12 heavy (non-hydrogen) atoms. The van der Waals surface area contributed by atoms with Gasteiger partial charge in [-0.05, 0) is 32.1 Å². The quantitative estimate of drug-likeness (QED) is 0.465. The monoisotopic (exact) mass is 168 g/mol. The van der Waals surface area contributed by atoms with E-state index in [1.54, 1.807) is 0 Å². The van der Waals surface area contributed by atoms with Gasteiger partial charge < -0.3 is 0 Å². The molecule has 1 rings (SSSR count). The maximum absolute atomic E-state index is 4.43. The highest BCUT2D eigenvalue weighted by Gasteiger charge is 2.05. The Kier molecular flexibility index (Phi) is 4.81.